The largest absolute Gasteiger partial charge is 0.466 e. The number of esters is 1. The molecule has 0 saturated heterocycles. The fourth-order valence-corrected chi connectivity index (χ4v) is 4.43. The van der Waals surface area contributed by atoms with E-state index in [1.165, 1.54) is 5.56 Å². The summed E-state index contributed by atoms with van der Waals surface area (Å²) >= 11 is 0. The van der Waals surface area contributed by atoms with Gasteiger partial charge in [-0.3, -0.25) is 9.78 Å². The van der Waals surface area contributed by atoms with Crippen LogP contribution in [0.5, 0.6) is 0 Å². The lowest BCUT2D eigenvalue weighted by Crippen LogP contribution is -2.14. The van der Waals surface area contributed by atoms with Crippen LogP contribution in [0.15, 0.2) is 47.6 Å². The lowest BCUT2D eigenvalue weighted by atomic mass is 10.1. The molecular weight excluding hydrogens is 350 g/mol. The summed E-state index contributed by atoms with van der Waals surface area (Å²) in [5.41, 5.74) is 3.48. The first-order valence-corrected chi connectivity index (χ1v) is 10.6. The molecular formula is C20H23NO4S. The fourth-order valence-electron chi connectivity index (χ4n) is 3.16. The van der Waals surface area contributed by atoms with Crippen molar-refractivity contribution >= 4 is 15.8 Å². The van der Waals surface area contributed by atoms with Crippen LogP contribution in [0.1, 0.15) is 36.0 Å². The highest BCUT2D eigenvalue weighted by Crippen LogP contribution is 2.25. The Kier molecular flexibility index (Phi) is 6.04. The van der Waals surface area contributed by atoms with Crippen LogP contribution in [0.25, 0.3) is 0 Å². The van der Waals surface area contributed by atoms with Gasteiger partial charge in [0.05, 0.1) is 23.7 Å². The molecule has 0 saturated carbocycles. The van der Waals surface area contributed by atoms with Gasteiger partial charge in [-0.25, -0.2) is 8.42 Å². The molecule has 26 heavy (non-hydrogen) atoms. The van der Waals surface area contributed by atoms with E-state index in [0.29, 0.717) is 17.9 Å². The van der Waals surface area contributed by atoms with Crippen molar-refractivity contribution in [2.75, 3.05) is 12.4 Å². The smallest absolute Gasteiger partial charge is 0.306 e. The van der Waals surface area contributed by atoms with Crippen LogP contribution in [0, 0.1) is 0 Å². The van der Waals surface area contributed by atoms with E-state index in [4.69, 9.17) is 4.74 Å². The monoisotopic (exact) mass is 373 g/mol. The van der Waals surface area contributed by atoms with Crippen molar-refractivity contribution in [1.29, 1.82) is 0 Å². The zero-order valence-corrected chi connectivity index (χ0v) is 15.5. The van der Waals surface area contributed by atoms with Crippen molar-refractivity contribution in [3.8, 4) is 0 Å². The molecule has 138 valence electrons. The zero-order valence-electron chi connectivity index (χ0n) is 14.7. The Morgan fingerprint density at radius 2 is 1.85 bits per heavy atom. The molecule has 6 heteroatoms. The van der Waals surface area contributed by atoms with E-state index in [-0.39, 0.29) is 12.2 Å². The quantitative estimate of drug-likeness (QED) is 0.525. The number of carbonyl (C=O) groups excluding carboxylic acids is 1. The SMILES string of the molecule is O=C(CCS(=O)(=O)c1ccc2c(c1)CCC2)OCCCc1ccncc1. The van der Waals surface area contributed by atoms with Crippen LogP contribution in [0.3, 0.4) is 0 Å². The molecule has 0 aliphatic heterocycles. The molecule has 1 aromatic heterocycles. The molecule has 1 aromatic carbocycles. The Morgan fingerprint density at radius 3 is 2.65 bits per heavy atom. The number of hydrogen-bond acceptors (Lipinski definition) is 5. The van der Waals surface area contributed by atoms with Gasteiger partial charge in [-0.2, -0.15) is 0 Å². The van der Waals surface area contributed by atoms with Gasteiger partial charge in [0.1, 0.15) is 0 Å². The van der Waals surface area contributed by atoms with Crippen LogP contribution >= 0.6 is 0 Å². The van der Waals surface area contributed by atoms with Crippen molar-refractivity contribution in [3.05, 3.63) is 59.4 Å². The summed E-state index contributed by atoms with van der Waals surface area (Å²) in [6.07, 6.45) is 7.85. The van der Waals surface area contributed by atoms with Crippen LogP contribution < -0.4 is 0 Å². The summed E-state index contributed by atoms with van der Waals surface area (Å²) in [6.45, 7) is 0.292. The highest BCUT2D eigenvalue weighted by Gasteiger charge is 2.20. The number of sulfone groups is 1. The molecule has 0 radical (unpaired) electrons. The molecule has 0 spiro atoms. The average Bonchev–Trinajstić information content (AvgIpc) is 3.12. The normalized spacial score (nSPS) is 13.4. The van der Waals surface area contributed by atoms with Gasteiger partial charge in [-0.05, 0) is 73.1 Å². The lowest BCUT2D eigenvalue weighted by Gasteiger charge is -2.08. The van der Waals surface area contributed by atoms with E-state index in [0.717, 1.165) is 36.8 Å². The van der Waals surface area contributed by atoms with Gasteiger partial charge in [0, 0.05) is 12.4 Å². The molecule has 3 rings (SSSR count). The molecule has 2 aromatic rings. The molecule has 0 atom stereocenters. The molecule has 5 nitrogen and oxygen atoms in total. The van der Waals surface area contributed by atoms with Crippen LogP contribution in [0.2, 0.25) is 0 Å². The van der Waals surface area contributed by atoms with Crippen LogP contribution in [-0.2, 0) is 38.6 Å². The highest BCUT2D eigenvalue weighted by atomic mass is 32.2. The summed E-state index contributed by atoms with van der Waals surface area (Å²) in [5.74, 6) is -0.681. The first-order valence-electron chi connectivity index (χ1n) is 8.94. The predicted molar refractivity (Wildman–Crippen MR) is 98.7 cm³/mol. The number of benzene rings is 1. The van der Waals surface area contributed by atoms with Gasteiger partial charge >= 0.3 is 5.97 Å². The average molecular weight is 373 g/mol. The first kappa shape index (κ1) is 18.6. The van der Waals surface area contributed by atoms with E-state index in [1.807, 2.05) is 18.2 Å². The third-order valence-corrected chi connectivity index (χ3v) is 6.34. The number of fused-ring (bicyclic) bond motifs is 1. The van der Waals surface area contributed by atoms with E-state index < -0.39 is 15.8 Å². The molecule has 0 fully saturated rings. The predicted octanol–water partition coefficient (Wildman–Crippen LogP) is 2.91. The van der Waals surface area contributed by atoms with Crippen molar-refractivity contribution in [1.82, 2.24) is 4.98 Å². The van der Waals surface area contributed by atoms with Crippen molar-refractivity contribution in [2.24, 2.45) is 0 Å². The second-order valence-electron chi connectivity index (χ2n) is 6.53. The second kappa shape index (κ2) is 8.45. The summed E-state index contributed by atoms with van der Waals surface area (Å²) < 4.78 is 30.0. The minimum atomic E-state index is -3.46. The number of aromatic nitrogens is 1. The highest BCUT2D eigenvalue weighted by molar-refractivity contribution is 7.91. The second-order valence-corrected chi connectivity index (χ2v) is 8.64. The van der Waals surface area contributed by atoms with E-state index in [9.17, 15) is 13.2 Å². The Labute approximate surface area is 154 Å². The number of hydrogen-bond donors (Lipinski definition) is 0. The number of aryl methyl sites for hydroxylation is 3. The number of carbonyl (C=O) groups is 1. The van der Waals surface area contributed by atoms with Crippen LogP contribution in [0.4, 0.5) is 0 Å². The molecule has 0 bridgehead atoms. The van der Waals surface area contributed by atoms with Gasteiger partial charge in [-0.15, -0.1) is 0 Å². The minimum absolute atomic E-state index is 0.116. The summed E-state index contributed by atoms with van der Waals surface area (Å²) in [6, 6.07) is 9.15. The molecule has 1 aliphatic rings. The Hall–Kier alpha value is -2.21. The number of nitrogens with zero attached hydrogens (tertiary/aromatic N) is 1. The molecule has 1 aliphatic carbocycles. The lowest BCUT2D eigenvalue weighted by molar-refractivity contribution is -0.143. The molecule has 0 unspecified atom stereocenters. The van der Waals surface area contributed by atoms with Crippen molar-refractivity contribution < 1.29 is 17.9 Å². The van der Waals surface area contributed by atoms with E-state index >= 15 is 0 Å². The summed E-state index contributed by atoms with van der Waals surface area (Å²) in [4.78, 5) is 16.1. The van der Waals surface area contributed by atoms with E-state index in [1.54, 1.807) is 24.5 Å². The minimum Gasteiger partial charge on any atom is -0.466 e. The maximum Gasteiger partial charge on any atom is 0.306 e. The molecule has 0 amide bonds. The zero-order chi connectivity index (χ0) is 18.4. The third-order valence-electron chi connectivity index (χ3n) is 4.63. The number of rotatable bonds is 8. The van der Waals surface area contributed by atoms with Gasteiger partial charge in [-0.1, -0.05) is 6.07 Å². The number of ether oxygens (including phenoxy) is 1. The van der Waals surface area contributed by atoms with Gasteiger partial charge in [0.15, 0.2) is 9.84 Å². The van der Waals surface area contributed by atoms with E-state index in [2.05, 4.69) is 4.98 Å². The third kappa shape index (κ3) is 4.91. The Bertz CT molecular complexity index is 863. The standard InChI is InChI=1S/C20H23NO4S/c22-20(25-13-2-3-16-8-11-21-12-9-16)10-14-26(23,24)19-7-6-17-4-1-5-18(17)15-19/h6-9,11-12,15H,1-5,10,13-14H2. The van der Waals surface area contributed by atoms with Gasteiger partial charge in [0.2, 0.25) is 0 Å². The maximum absolute atomic E-state index is 12.4. The van der Waals surface area contributed by atoms with Crippen LogP contribution in [-0.4, -0.2) is 31.7 Å². The van der Waals surface area contributed by atoms with Crippen molar-refractivity contribution in [2.45, 2.75) is 43.4 Å². The summed E-state index contributed by atoms with van der Waals surface area (Å²) in [7, 11) is -3.46. The summed E-state index contributed by atoms with van der Waals surface area (Å²) in [5, 5.41) is 0. The Morgan fingerprint density at radius 1 is 1.08 bits per heavy atom. The first-order chi connectivity index (χ1) is 12.5. The molecule has 1 heterocycles. The Balaban J connectivity index is 1.43. The fraction of sp³-hybridized carbons (Fsp3) is 0.400. The molecule has 0 N–H and O–H groups in total. The topological polar surface area (TPSA) is 73.3 Å². The van der Waals surface area contributed by atoms with Crippen molar-refractivity contribution in [3.63, 3.8) is 0 Å². The number of pyridine rings is 1. The van der Waals surface area contributed by atoms with Gasteiger partial charge in [0.25, 0.3) is 0 Å². The van der Waals surface area contributed by atoms with Gasteiger partial charge < -0.3 is 4.74 Å². The maximum atomic E-state index is 12.4.